The van der Waals surface area contributed by atoms with Crippen molar-refractivity contribution in [2.45, 2.75) is 19.4 Å². The number of hydrogen-bond acceptors (Lipinski definition) is 4. The normalized spacial score (nSPS) is 15.5. The fourth-order valence-corrected chi connectivity index (χ4v) is 1.61. The molecule has 1 atom stereocenters. The molecule has 1 aromatic carbocycles. The highest BCUT2D eigenvalue weighted by atomic mass is 35.5. The van der Waals surface area contributed by atoms with Crippen LogP contribution in [0.1, 0.15) is 12.5 Å². The number of hydrogen-bond donors (Lipinski definition) is 2. The Morgan fingerprint density at radius 3 is 3.06 bits per heavy atom. The number of oxime groups is 1. The molecule has 1 unspecified atom stereocenters. The molecule has 0 aliphatic carbocycles. The van der Waals surface area contributed by atoms with Crippen LogP contribution in [0.2, 0.25) is 0 Å². The Hall–Kier alpha value is -1.62. The molecule has 0 aromatic heterocycles. The molecule has 0 saturated heterocycles. The fourth-order valence-electron chi connectivity index (χ4n) is 1.61. The number of fused-ring (bicyclic) bond motifs is 1. The first-order valence-electron chi connectivity index (χ1n) is 5.11. The van der Waals surface area contributed by atoms with Gasteiger partial charge < -0.3 is 20.4 Å². The van der Waals surface area contributed by atoms with E-state index in [1.54, 1.807) is 6.92 Å². The quantitative estimate of drug-likeness (QED) is 0.373. The molecule has 0 saturated carbocycles. The van der Waals surface area contributed by atoms with Crippen molar-refractivity contribution in [3.63, 3.8) is 0 Å². The summed E-state index contributed by atoms with van der Waals surface area (Å²) < 4.78 is 11.0. The first-order valence-corrected chi connectivity index (χ1v) is 5.11. The van der Waals surface area contributed by atoms with E-state index in [-0.39, 0.29) is 18.2 Å². The van der Waals surface area contributed by atoms with Crippen molar-refractivity contribution >= 4 is 18.2 Å². The van der Waals surface area contributed by atoms with Crippen molar-refractivity contribution in [2.75, 3.05) is 6.61 Å². The SMILES string of the molecule is CC(Oc1cccc2c1OCC2)C(N)=NO.Cl. The first kappa shape index (κ1) is 13.4. The lowest BCUT2D eigenvalue weighted by Gasteiger charge is -2.15. The maximum Gasteiger partial charge on any atom is 0.180 e. The number of rotatable bonds is 3. The van der Waals surface area contributed by atoms with Crippen molar-refractivity contribution in [3.8, 4) is 11.5 Å². The van der Waals surface area contributed by atoms with E-state index in [0.717, 1.165) is 17.7 Å². The molecule has 3 N–H and O–H groups in total. The van der Waals surface area contributed by atoms with Gasteiger partial charge in [-0.2, -0.15) is 0 Å². The van der Waals surface area contributed by atoms with Crippen molar-refractivity contribution in [3.05, 3.63) is 23.8 Å². The fraction of sp³-hybridized carbons (Fsp3) is 0.364. The second kappa shape index (κ2) is 5.63. The molecule has 94 valence electrons. The molecule has 5 nitrogen and oxygen atoms in total. The summed E-state index contributed by atoms with van der Waals surface area (Å²) in [5, 5.41) is 11.4. The van der Waals surface area contributed by atoms with Crippen LogP contribution in [0.4, 0.5) is 0 Å². The summed E-state index contributed by atoms with van der Waals surface area (Å²) in [5.41, 5.74) is 6.57. The number of para-hydroxylation sites is 1. The Balaban J connectivity index is 0.00000144. The smallest absolute Gasteiger partial charge is 0.180 e. The van der Waals surface area contributed by atoms with Gasteiger partial charge in [-0.15, -0.1) is 12.4 Å². The van der Waals surface area contributed by atoms with Gasteiger partial charge in [0.15, 0.2) is 23.4 Å². The first-order chi connectivity index (χ1) is 7.72. The average Bonchev–Trinajstić information content (AvgIpc) is 2.77. The molecule has 0 amide bonds. The third kappa shape index (κ3) is 2.74. The summed E-state index contributed by atoms with van der Waals surface area (Å²) in [4.78, 5) is 0. The van der Waals surface area contributed by atoms with Gasteiger partial charge in [0.2, 0.25) is 0 Å². The molecule has 0 bridgehead atoms. The number of nitrogens with two attached hydrogens (primary N) is 1. The van der Waals surface area contributed by atoms with Crippen LogP contribution < -0.4 is 15.2 Å². The highest BCUT2D eigenvalue weighted by molar-refractivity contribution is 5.85. The average molecular weight is 259 g/mol. The van der Waals surface area contributed by atoms with Gasteiger partial charge in [0.05, 0.1) is 6.61 Å². The van der Waals surface area contributed by atoms with Crippen LogP contribution in [0, 0.1) is 0 Å². The lowest BCUT2D eigenvalue weighted by Crippen LogP contribution is -2.31. The van der Waals surface area contributed by atoms with Gasteiger partial charge in [0.1, 0.15) is 0 Å². The molecule has 0 spiro atoms. The van der Waals surface area contributed by atoms with Crippen molar-refractivity contribution in [2.24, 2.45) is 10.9 Å². The predicted molar refractivity (Wildman–Crippen MR) is 66.4 cm³/mol. The van der Waals surface area contributed by atoms with Gasteiger partial charge in [-0.05, 0) is 13.0 Å². The van der Waals surface area contributed by atoms with Gasteiger partial charge in [0, 0.05) is 12.0 Å². The van der Waals surface area contributed by atoms with E-state index in [4.69, 9.17) is 20.4 Å². The Morgan fingerprint density at radius 1 is 1.59 bits per heavy atom. The van der Waals surface area contributed by atoms with E-state index >= 15 is 0 Å². The highest BCUT2D eigenvalue weighted by Gasteiger charge is 2.19. The standard InChI is InChI=1S/C11H14N2O3.ClH/c1-7(11(12)13-14)16-9-4-2-3-8-5-6-15-10(8)9;/h2-4,7,14H,5-6H2,1H3,(H2,12,13);1H. The van der Waals surface area contributed by atoms with E-state index < -0.39 is 6.10 Å². The second-order valence-electron chi connectivity index (χ2n) is 3.63. The van der Waals surface area contributed by atoms with Gasteiger partial charge in [-0.3, -0.25) is 0 Å². The van der Waals surface area contributed by atoms with E-state index in [9.17, 15) is 0 Å². The summed E-state index contributed by atoms with van der Waals surface area (Å²) >= 11 is 0. The molecule has 1 aliphatic rings. The summed E-state index contributed by atoms with van der Waals surface area (Å²) in [6, 6.07) is 5.72. The Bertz CT molecular complexity index is 423. The van der Waals surface area contributed by atoms with Crippen LogP contribution >= 0.6 is 12.4 Å². The molecular formula is C11H15ClN2O3. The zero-order valence-electron chi connectivity index (χ0n) is 9.42. The monoisotopic (exact) mass is 258 g/mol. The molecule has 2 rings (SSSR count). The van der Waals surface area contributed by atoms with Crippen LogP contribution in [-0.4, -0.2) is 23.8 Å². The number of benzene rings is 1. The van der Waals surface area contributed by atoms with Crippen molar-refractivity contribution in [1.82, 2.24) is 0 Å². The zero-order valence-corrected chi connectivity index (χ0v) is 10.2. The predicted octanol–water partition coefficient (Wildman–Crippen LogP) is 1.56. The number of amidine groups is 1. The third-order valence-electron chi connectivity index (χ3n) is 2.51. The Kier molecular flexibility index (Phi) is 4.45. The molecule has 0 radical (unpaired) electrons. The van der Waals surface area contributed by atoms with Crippen molar-refractivity contribution < 1.29 is 14.7 Å². The van der Waals surface area contributed by atoms with Crippen LogP contribution in [0.5, 0.6) is 11.5 Å². The zero-order chi connectivity index (χ0) is 11.5. The maximum atomic E-state index is 8.53. The van der Waals surface area contributed by atoms with Crippen LogP contribution in [0.25, 0.3) is 0 Å². The van der Waals surface area contributed by atoms with Gasteiger partial charge in [-0.1, -0.05) is 17.3 Å². The van der Waals surface area contributed by atoms with Crippen molar-refractivity contribution in [1.29, 1.82) is 0 Å². The molecule has 1 aliphatic heterocycles. The molecule has 1 aromatic rings. The Labute approximate surface area is 106 Å². The molecular weight excluding hydrogens is 244 g/mol. The Morgan fingerprint density at radius 2 is 2.35 bits per heavy atom. The van der Waals surface area contributed by atoms with E-state index in [1.165, 1.54) is 0 Å². The van der Waals surface area contributed by atoms with Crippen LogP contribution in [0.3, 0.4) is 0 Å². The lowest BCUT2D eigenvalue weighted by atomic mass is 10.1. The summed E-state index contributed by atoms with van der Waals surface area (Å²) in [7, 11) is 0. The molecule has 6 heteroatoms. The van der Waals surface area contributed by atoms with Gasteiger partial charge in [0.25, 0.3) is 0 Å². The van der Waals surface area contributed by atoms with Gasteiger partial charge in [-0.25, -0.2) is 0 Å². The summed E-state index contributed by atoms with van der Waals surface area (Å²) in [6.45, 7) is 2.39. The molecule has 0 fully saturated rings. The largest absolute Gasteiger partial charge is 0.489 e. The number of nitrogens with zero attached hydrogens (tertiary/aromatic N) is 1. The van der Waals surface area contributed by atoms with E-state index in [0.29, 0.717) is 12.4 Å². The van der Waals surface area contributed by atoms with Crippen LogP contribution in [0.15, 0.2) is 23.4 Å². The minimum absolute atomic E-state index is 0. The topological polar surface area (TPSA) is 77.1 Å². The number of halogens is 1. The molecule has 17 heavy (non-hydrogen) atoms. The summed E-state index contributed by atoms with van der Waals surface area (Å²) in [5.74, 6) is 1.43. The summed E-state index contributed by atoms with van der Waals surface area (Å²) in [6.07, 6.45) is 0.408. The minimum atomic E-state index is -0.485. The lowest BCUT2D eigenvalue weighted by molar-refractivity contribution is 0.250. The van der Waals surface area contributed by atoms with E-state index in [1.807, 2.05) is 18.2 Å². The van der Waals surface area contributed by atoms with Gasteiger partial charge >= 0.3 is 0 Å². The third-order valence-corrected chi connectivity index (χ3v) is 2.51. The maximum absolute atomic E-state index is 8.53. The van der Waals surface area contributed by atoms with E-state index in [2.05, 4.69) is 5.16 Å². The highest BCUT2D eigenvalue weighted by Crippen LogP contribution is 2.35. The molecule has 1 heterocycles. The second-order valence-corrected chi connectivity index (χ2v) is 3.63. The van der Waals surface area contributed by atoms with Crippen LogP contribution in [-0.2, 0) is 6.42 Å². The minimum Gasteiger partial charge on any atom is -0.489 e. The number of ether oxygens (including phenoxy) is 2.